The van der Waals surface area contributed by atoms with Crippen molar-refractivity contribution in [1.82, 2.24) is 4.98 Å². The molecule has 0 fully saturated rings. The maximum Gasteiger partial charge on any atom is 0.168 e. The van der Waals surface area contributed by atoms with Crippen molar-refractivity contribution in [3.63, 3.8) is 0 Å². The molecule has 1 aromatic carbocycles. The van der Waals surface area contributed by atoms with Crippen LogP contribution < -0.4 is 0 Å². The number of carbonyl (C=O) groups is 1. The Hall–Kier alpha value is -2.36. The fourth-order valence-electron chi connectivity index (χ4n) is 3.00. The van der Waals surface area contributed by atoms with Crippen LogP contribution in [0.25, 0.3) is 10.9 Å². The predicted molar refractivity (Wildman–Crippen MR) is 93.2 cm³/mol. The van der Waals surface area contributed by atoms with Crippen molar-refractivity contribution >= 4 is 22.9 Å². The van der Waals surface area contributed by atoms with Crippen LogP contribution in [0.2, 0.25) is 0 Å². The van der Waals surface area contributed by atoms with E-state index < -0.39 is 0 Å². The number of aliphatic hydroxyl groups is 1. The van der Waals surface area contributed by atoms with Gasteiger partial charge in [-0.25, -0.2) is 0 Å². The molecular formula is C19H22N2O2. The lowest BCUT2D eigenvalue weighted by molar-refractivity contribution is -0.116. The number of aromatic amines is 1. The molecule has 1 unspecified atom stereocenters. The van der Waals surface area contributed by atoms with Gasteiger partial charge in [0, 0.05) is 36.2 Å². The Balaban J connectivity index is 1.93. The summed E-state index contributed by atoms with van der Waals surface area (Å²) in [4.78, 5) is 20.0. The van der Waals surface area contributed by atoms with Crippen LogP contribution >= 0.6 is 0 Å². The van der Waals surface area contributed by atoms with Gasteiger partial charge in [0.15, 0.2) is 5.78 Å². The SMILES string of the molecule is CC(C)(C)N=CC1=C(O)CC(c2cccc3[nH]ccc23)CC1=O. The standard InChI is InChI=1S/C19H22N2O2/c1-19(2,3)21-11-15-17(22)9-12(10-18(15)23)13-5-4-6-16-14(13)7-8-20-16/h4-8,11-12,20,22H,9-10H2,1-3H3. The Morgan fingerprint density at radius 3 is 2.74 bits per heavy atom. The highest BCUT2D eigenvalue weighted by atomic mass is 16.3. The lowest BCUT2D eigenvalue weighted by Gasteiger charge is -2.23. The summed E-state index contributed by atoms with van der Waals surface area (Å²) in [6.45, 7) is 5.89. The van der Waals surface area contributed by atoms with Gasteiger partial charge in [-0.15, -0.1) is 0 Å². The van der Waals surface area contributed by atoms with Crippen molar-refractivity contribution in [3.05, 3.63) is 47.4 Å². The number of fused-ring (bicyclic) bond motifs is 1. The first-order valence-corrected chi connectivity index (χ1v) is 7.92. The maximum absolute atomic E-state index is 12.5. The van der Waals surface area contributed by atoms with Gasteiger partial charge in [0.25, 0.3) is 0 Å². The van der Waals surface area contributed by atoms with E-state index in [1.54, 1.807) is 0 Å². The first-order chi connectivity index (χ1) is 10.8. The molecular weight excluding hydrogens is 288 g/mol. The third-order valence-corrected chi connectivity index (χ3v) is 4.13. The number of ketones is 1. The molecule has 0 amide bonds. The molecule has 1 atom stereocenters. The second-order valence-corrected chi connectivity index (χ2v) is 7.10. The van der Waals surface area contributed by atoms with Gasteiger partial charge in [0.2, 0.25) is 0 Å². The highest BCUT2D eigenvalue weighted by molar-refractivity contribution is 6.14. The Morgan fingerprint density at radius 1 is 1.26 bits per heavy atom. The number of allylic oxidation sites excluding steroid dienone is 2. The van der Waals surface area contributed by atoms with Crippen LogP contribution in [-0.2, 0) is 4.79 Å². The molecule has 1 heterocycles. The highest BCUT2D eigenvalue weighted by Crippen LogP contribution is 2.36. The van der Waals surface area contributed by atoms with Gasteiger partial charge in [-0.1, -0.05) is 12.1 Å². The molecule has 0 aliphatic heterocycles. The number of carbonyl (C=O) groups excluding carboxylic acids is 1. The number of nitrogens with zero attached hydrogens (tertiary/aromatic N) is 1. The molecule has 4 heteroatoms. The molecule has 0 saturated carbocycles. The third kappa shape index (κ3) is 3.21. The first-order valence-electron chi connectivity index (χ1n) is 7.92. The summed E-state index contributed by atoms with van der Waals surface area (Å²) in [5.41, 5.74) is 2.26. The van der Waals surface area contributed by atoms with E-state index in [0.29, 0.717) is 18.4 Å². The summed E-state index contributed by atoms with van der Waals surface area (Å²) >= 11 is 0. The second kappa shape index (κ2) is 5.69. The zero-order chi connectivity index (χ0) is 16.6. The molecule has 1 aliphatic rings. The number of Topliss-reactive ketones (excluding diaryl/α,β-unsaturated/α-hetero) is 1. The van der Waals surface area contributed by atoms with E-state index in [-0.39, 0.29) is 23.0 Å². The van der Waals surface area contributed by atoms with Crippen LogP contribution in [0.4, 0.5) is 0 Å². The largest absolute Gasteiger partial charge is 0.511 e. The Bertz CT molecular complexity index is 806. The summed E-state index contributed by atoms with van der Waals surface area (Å²) < 4.78 is 0. The number of hydrogen-bond acceptors (Lipinski definition) is 3. The lowest BCUT2D eigenvalue weighted by Crippen LogP contribution is -2.20. The number of benzene rings is 1. The number of hydrogen-bond donors (Lipinski definition) is 2. The molecule has 4 nitrogen and oxygen atoms in total. The minimum atomic E-state index is -0.263. The smallest absolute Gasteiger partial charge is 0.168 e. The average Bonchev–Trinajstić information content (AvgIpc) is 2.93. The van der Waals surface area contributed by atoms with E-state index in [2.05, 4.69) is 9.98 Å². The molecule has 3 rings (SSSR count). The summed E-state index contributed by atoms with van der Waals surface area (Å²) in [7, 11) is 0. The van der Waals surface area contributed by atoms with Crippen molar-refractivity contribution in [3.8, 4) is 0 Å². The number of rotatable bonds is 2. The van der Waals surface area contributed by atoms with Gasteiger partial charge in [-0.05, 0) is 44.4 Å². The van der Waals surface area contributed by atoms with Gasteiger partial charge >= 0.3 is 0 Å². The Labute approximate surface area is 135 Å². The van der Waals surface area contributed by atoms with Gasteiger partial charge in [0.05, 0.1) is 11.1 Å². The molecule has 2 N–H and O–H groups in total. The number of aliphatic imine (C=N–C) groups is 1. The molecule has 0 radical (unpaired) electrons. The number of aliphatic hydroxyl groups excluding tert-OH is 1. The zero-order valence-corrected chi connectivity index (χ0v) is 13.8. The number of aromatic nitrogens is 1. The number of nitrogens with one attached hydrogen (secondary N) is 1. The summed E-state index contributed by atoms with van der Waals surface area (Å²) in [6, 6.07) is 8.05. The Kier molecular flexibility index (Phi) is 3.84. The zero-order valence-electron chi connectivity index (χ0n) is 13.8. The van der Waals surface area contributed by atoms with Crippen LogP contribution in [0, 0.1) is 0 Å². The van der Waals surface area contributed by atoms with Crippen molar-refractivity contribution in [1.29, 1.82) is 0 Å². The van der Waals surface area contributed by atoms with Gasteiger partial charge in [-0.3, -0.25) is 9.79 Å². The van der Waals surface area contributed by atoms with Crippen LogP contribution in [0.1, 0.15) is 45.1 Å². The normalized spacial score (nSPS) is 20.0. The van der Waals surface area contributed by atoms with Crippen LogP contribution in [0.3, 0.4) is 0 Å². The molecule has 2 aromatic rings. The van der Waals surface area contributed by atoms with Crippen molar-refractivity contribution < 1.29 is 9.90 Å². The molecule has 0 spiro atoms. The third-order valence-electron chi connectivity index (χ3n) is 4.13. The monoisotopic (exact) mass is 310 g/mol. The predicted octanol–water partition coefficient (Wildman–Crippen LogP) is 4.30. The molecule has 23 heavy (non-hydrogen) atoms. The summed E-state index contributed by atoms with van der Waals surface area (Å²) in [6.07, 6.45) is 4.31. The van der Waals surface area contributed by atoms with Crippen molar-refractivity contribution in [2.45, 2.75) is 45.1 Å². The molecule has 120 valence electrons. The fraction of sp³-hybridized carbons (Fsp3) is 0.368. The number of H-pyrrole nitrogens is 1. The molecule has 1 aliphatic carbocycles. The van der Waals surface area contributed by atoms with E-state index in [4.69, 9.17) is 0 Å². The lowest BCUT2D eigenvalue weighted by atomic mass is 9.81. The topological polar surface area (TPSA) is 65.5 Å². The molecule has 0 saturated heterocycles. The maximum atomic E-state index is 12.5. The van der Waals surface area contributed by atoms with E-state index in [9.17, 15) is 9.90 Å². The van der Waals surface area contributed by atoms with Crippen LogP contribution in [0.15, 0.2) is 46.8 Å². The fourth-order valence-corrected chi connectivity index (χ4v) is 3.00. The van der Waals surface area contributed by atoms with E-state index in [1.165, 1.54) is 6.21 Å². The van der Waals surface area contributed by atoms with E-state index >= 15 is 0 Å². The highest BCUT2D eigenvalue weighted by Gasteiger charge is 2.29. The first kappa shape index (κ1) is 15.5. The van der Waals surface area contributed by atoms with E-state index in [0.717, 1.165) is 16.5 Å². The van der Waals surface area contributed by atoms with Crippen LogP contribution in [0.5, 0.6) is 0 Å². The van der Waals surface area contributed by atoms with Gasteiger partial charge in [-0.2, -0.15) is 0 Å². The quantitative estimate of drug-likeness (QED) is 0.812. The van der Waals surface area contributed by atoms with Crippen LogP contribution in [-0.4, -0.2) is 27.6 Å². The van der Waals surface area contributed by atoms with Gasteiger partial charge < -0.3 is 10.1 Å². The minimum Gasteiger partial charge on any atom is -0.511 e. The second-order valence-electron chi connectivity index (χ2n) is 7.10. The minimum absolute atomic E-state index is 0.00814. The summed E-state index contributed by atoms with van der Waals surface area (Å²) in [5, 5.41) is 11.5. The Morgan fingerprint density at radius 2 is 2.04 bits per heavy atom. The molecule has 0 bridgehead atoms. The molecule has 1 aromatic heterocycles. The average molecular weight is 310 g/mol. The van der Waals surface area contributed by atoms with Crippen molar-refractivity contribution in [2.24, 2.45) is 4.99 Å². The van der Waals surface area contributed by atoms with E-state index in [1.807, 2.05) is 51.2 Å². The summed E-state index contributed by atoms with van der Waals surface area (Å²) in [5.74, 6) is 0.111. The van der Waals surface area contributed by atoms with Gasteiger partial charge in [0.1, 0.15) is 5.76 Å². The van der Waals surface area contributed by atoms with Crippen molar-refractivity contribution in [2.75, 3.05) is 0 Å².